The fourth-order valence-electron chi connectivity index (χ4n) is 5.96. The monoisotopic (exact) mass is 669 g/mol. The van der Waals surface area contributed by atoms with E-state index in [0.29, 0.717) is 9.87 Å². The first-order valence-electron chi connectivity index (χ1n) is 13.6. The number of fused-ring (bicyclic) bond motifs is 1. The molecule has 0 radical (unpaired) electrons. The second-order valence-electron chi connectivity index (χ2n) is 10.9. The van der Waals surface area contributed by atoms with E-state index in [1.165, 1.54) is 49.2 Å². The lowest BCUT2D eigenvalue weighted by atomic mass is 9.82. The fraction of sp³-hybridized carbons (Fsp3) is 0.333. The van der Waals surface area contributed by atoms with Crippen LogP contribution in [-0.2, 0) is 31.6 Å². The summed E-state index contributed by atoms with van der Waals surface area (Å²) in [4.78, 5) is 29.9. The van der Waals surface area contributed by atoms with Crippen molar-refractivity contribution >= 4 is 39.1 Å². The highest BCUT2D eigenvalue weighted by Gasteiger charge is 2.62. The number of alkyl halides is 4. The highest BCUT2D eigenvalue weighted by Crippen LogP contribution is 2.52. The van der Waals surface area contributed by atoms with Gasteiger partial charge in [-0.1, -0.05) is 41.9 Å². The standard InChI is InChI=1S/C30H28ClF4N3O6S/c1-36(2)27(39)24-14-20(32)17-37(24)29(16-18-7-5-4-6-8-18)22-13-19(31)9-11-23(22)38(28(29)40)45(41,42)26-12-10-21(43-3)15-25(26)44-30(33,34)35/h4-13,15,20,24H,14,16-17H2,1-3H3/t20-,24?,29?/m1/s1. The van der Waals surface area contributed by atoms with E-state index in [1.807, 2.05) is 0 Å². The maximum absolute atomic E-state index is 15.3. The van der Waals surface area contributed by atoms with Crippen LogP contribution in [-0.4, -0.2) is 76.4 Å². The van der Waals surface area contributed by atoms with Crippen LogP contribution in [0.1, 0.15) is 17.5 Å². The van der Waals surface area contributed by atoms with Gasteiger partial charge in [0, 0.05) is 50.1 Å². The van der Waals surface area contributed by atoms with Gasteiger partial charge >= 0.3 is 6.36 Å². The number of amides is 2. The molecule has 9 nitrogen and oxygen atoms in total. The van der Waals surface area contributed by atoms with Gasteiger partial charge in [0.15, 0.2) is 5.75 Å². The molecular weight excluding hydrogens is 642 g/mol. The first-order valence-corrected chi connectivity index (χ1v) is 15.4. The molecule has 0 spiro atoms. The molecule has 240 valence electrons. The number of methoxy groups -OCH3 is 1. The zero-order valence-electron chi connectivity index (χ0n) is 24.2. The van der Waals surface area contributed by atoms with Crippen molar-refractivity contribution in [2.24, 2.45) is 0 Å². The summed E-state index contributed by atoms with van der Waals surface area (Å²) >= 11 is 6.39. The number of likely N-dealkylation sites (N-methyl/N-ethyl adjacent to an activating group) is 1. The van der Waals surface area contributed by atoms with Gasteiger partial charge < -0.3 is 14.4 Å². The summed E-state index contributed by atoms with van der Waals surface area (Å²) in [6.07, 6.45) is -7.34. The highest BCUT2D eigenvalue weighted by atomic mass is 35.5. The summed E-state index contributed by atoms with van der Waals surface area (Å²) in [6.45, 7) is -0.409. The van der Waals surface area contributed by atoms with E-state index in [9.17, 15) is 31.2 Å². The number of ether oxygens (including phenoxy) is 2. The Morgan fingerprint density at radius 1 is 1.09 bits per heavy atom. The van der Waals surface area contributed by atoms with Crippen LogP contribution >= 0.6 is 11.6 Å². The smallest absolute Gasteiger partial charge is 0.497 e. The minimum Gasteiger partial charge on any atom is -0.497 e. The largest absolute Gasteiger partial charge is 0.573 e. The summed E-state index contributed by atoms with van der Waals surface area (Å²) in [7, 11) is -1.05. The number of anilines is 1. The zero-order chi connectivity index (χ0) is 32.9. The van der Waals surface area contributed by atoms with Crippen molar-refractivity contribution in [2.45, 2.75) is 41.9 Å². The summed E-state index contributed by atoms with van der Waals surface area (Å²) < 4.78 is 93.7. The minimum atomic E-state index is -5.29. The van der Waals surface area contributed by atoms with E-state index in [0.717, 1.165) is 18.2 Å². The Morgan fingerprint density at radius 3 is 2.40 bits per heavy atom. The van der Waals surface area contributed by atoms with Crippen LogP contribution in [0.5, 0.6) is 11.5 Å². The van der Waals surface area contributed by atoms with Crippen molar-refractivity contribution in [3.63, 3.8) is 0 Å². The number of rotatable bonds is 8. The van der Waals surface area contributed by atoms with Crippen molar-refractivity contribution < 1.29 is 45.0 Å². The second kappa shape index (κ2) is 11.8. The van der Waals surface area contributed by atoms with E-state index < -0.39 is 63.1 Å². The first kappa shape index (κ1) is 32.5. The van der Waals surface area contributed by atoms with Crippen molar-refractivity contribution in [3.05, 3.63) is 82.9 Å². The number of benzene rings is 3. The molecule has 3 aromatic carbocycles. The van der Waals surface area contributed by atoms with E-state index in [-0.39, 0.29) is 34.9 Å². The van der Waals surface area contributed by atoms with E-state index in [1.54, 1.807) is 30.3 Å². The second-order valence-corrected chi connectivity index (χ2v) is 13.0. The lowest BCUT2D eigenvalue weighted by Crippen LogP contribution is -2.59. The quantitative estimate of drug-likeness (QED) is 0.314. The predicted octanol–water partition coefficient (Wildman–Crippen LogP) is 4.92. The number of carbonyl (C=O) groups is 2. The number of halogens is 5. The lowest BCUT2D eigenvalue weighted by molar-refractivity contribution is -0.275. The molecule has 3 aromatic rings. The van der Waals surface area contributed by atoms with Crippen LogP contribution < -0.4 is 13.8 Å². The van der Waals surface area contributed by atoms with Crippen LogP contribution in [0, 0.1) is 0 Å². The van der Waals surface area contributed by atoms with E-state index >= 15 is 4.39 Å². The van der Waals surface area contributed by atoms with Gasteiger partial charge in [0.25, 0.3) is 15.9 Å². The molecule has 2 unspecified atom stereocenters. The molecule has 15 heteroatoms. The number of likely N-dealkylation sites (tertiary alicyclic amines) is 1. The Morgan fingerprint density at radius 2 is 1.78 bits per heavy atom. The Kier molecular flexibility index (Phi) is 8.53. The van der Waals surface area contributed by atoms with Gasteiger partial charge in [0.1, 0.15) is 22.4 Å². The number of carbonyl (C=O) groups excluding carboxylic acids is 2. The molecule has 45 heavy (non-hydrogen) atoms. The number of nitrogens with zero attached hydrogens (tertiary/aromatic N) is 3. The molecule has 2 aliphatic rings. The molecule has 0 N–H and O–H groups in total. The van der Waals surface area contributed by atoms with Crippen LogP contribution in [0.15, 0.2) is 71.6 Å². The molecule has 2 heterocycles. The Bertz CT molecular complexity index is 1740. The SMILES string of the molecule is COc1ccc(S(=O)(=O)N2C(=O)C(Cc3ccccc3)(N3C[C@H](F)CC3C(=O)N(C)C)c3cc(Cl)ccc32)c(OC(F)(F)F)c1. The van der Waals surface area contributed by atoms with Gasteiger partial charge in [-0.15, -0.1) is 13.2 Å². The molecule has 5 rings (SSSR count). The normalized spacial score (nSPS) is 22.0. The predicted molar refractivity (Wildman–Crippen MR) is 156 cm³/mol. The average Bonchev–Trinajstić information content (AvgIpc) is 3.47. The first-order chi connectivity index (χ1) is 21.1. The summed E-state index contributed by atoms with van der Waals surface area (Å²) in [5.74, 6) is -2.90. The van der Waals surface area contributed by atoms with E-state index in [4.69, 9.17) is 16.3 Å². The Labute approximate surface area is 261 Å². The summed E-state index contributed by atoms with van der Waals surface area (Å²) in [5, 5.41) is 0.107. The fourth-order valence-corrected chi connectivity index (χ4v) is 7.71. The molecule has 1 fully saturated rings. The lowest BCUT2D eigenvalue weighted by Gasteiger charge is -2.41. The molecule has 0 aromatic heterocycles. The summed E-state index contributed by atoms with van der Waals surface area (Å²) in [5.41, 5.74) is -1.64. The molecular formula is C30H28ClF4N3O6S. The zero-order valence-corrected chi connectivity index (χ0v) is 25.8. The Balaban J connectivity index is 1.78. The van der Waals surface area contributed by atoms with Gasteiger partial charge in [-0.3, -0.25) is 14.5 Å². The molecule has 3 atom stereocenters. The van der Waals surface area contributed by atoms with Gasteiger partial charge in [-0.2, -0.15) is 0 Å². The molecule has 2 aliphatic heterocycles. The third-order valence-corrected chi connectivity index (χ3v) is 9.80. The van der Waals surface area contributed by atoms with Crippen LogP contribution in [0.3, 0.4) is 0 Å². The molecule has 0 saturated carbocycles. The number of sulfonamides is 1. The van der Waals surface area contributed by atoms with Gasteiger partial charge in [-0.05, 0) is 35.9 Å². The van der Waals surface area contributed by atoms with Crippen molar-refractivity contribution in [1.82, 2.24) is 9.80 Å². The third kappa shape index (κ3) is 5.82. The minimum absolute atomic E-state index is 0.0462. The highest BCUT2D eigenvalue weighted by molar-refractivity contribution is 7.93. The van der Waals surface area contributed by atoms with Gasteiger partial charge in [0.2, 0.25) is 5.91 Å². The molecule has 0 aliphatic carbocycles. The maximum atomic E-state index is 15.3. The topological polar surface area (TPSA) is 96.5 Å². The van der Waals surface area contributed by atoms with E-state index in [2.05, 4.69) is 4.74 Å². The number of hydrogen-bond acceptors (Lipinski definition) is 7. The maximum Gasteiger partial charge on any atom is 0.573 e. The average molecular weight is 670 g/mol. The van der Waals surface area contributed by atoms with Gasteiger partial charge in [0.05, 0.1) is 18.8 Å². The molecule has 1 saturated heterocycles. The summed E-state index contributed by atoms with van der Waals surface area (Å²) in [6, 6.07) is 13.9. The number of hydrogen-bond donors (Lipinski definition) is 0. The van der Waals surface area contributed by atoms with Crippen molar-refractivity contribution in [2.75, 3.05) is 32.1 Å². The van der Waals surface area contributed by atoms with Gasteiger partial charge in [-0.25, -0.2) is 17.1 Å². The van der Waals surface area contributed by atoms with Crippen LogP contribution in [0.2, 0.25) is 5.02 Å². The van der Waals surface area contributed by atoms with Crippen molar-refractivity contribution in [1.29, 1.82) is 0 Å². The third-order valence-electron chi connectivity index (χ3n) is 7.83. The van der Waals surface area contributed by atoms with Crippen LogP contribution in [0.25, 0.3) is 0 Å². The van der Waals surface area contributed by atoms with Crippen LogP contribution in [0.4, 0.5) is 23.2 Å². The van der Waals surface area contributed by atoms with Crippen molar-refractivity contribution in [3.8, 4) is 11.5 Å². The molecule has 2 amide bonds. The molecule has 0 bridgehead atoms. The Hall–Kier alpha value is -3.88.